The minimum atomic E-state index is -1.23. The summed E-state index contributed by atoms with van der Waals surface area (Å²) >= 11 is 0. The lowest BCUT2D eigenvalue weighted by Crippen LogP contribution is -2.32. The maximum absolute atomic E-state index is 12.4. The summed E-state index contributed by atoms with van der Waals surface area (Å²) in [6.07, 6.45) is 6.71. The highest BCUT2D eigenvalue weighted by Crippen LogP contribution is 2.56. The molecule has 0 aliphatic heterocycles. The van der Waals surface area contributed by atoms with Gasteiger partial charge < -0.3 is 18.9 Å². The largest absolute Gasteiger partial charge is 0.465 e. The maximum Gasteiger partial charge on any atom is 0.324 e. The lowest BCUT2D eigenvalue weighted by molar-refractivity contribution is -0.167. The van der Waals surface area contributed by atoms with Crippen molar-refractivity contribution in [1.82, 2.24) is 0 Å². The van der Waals surface area contributed by atoms with Crippen molar-refractivity contribution in [2.24, 2.45) is 22.7 Å². The fraction of sp³-hybridized carbons (Fsp3) is 0.667. The number of unbranched alkanes of at least 4 members (excludes halogenated alkanes) is 3. The summed E-state index contributed by atoms with van der Waals surface area (Å²) in [7, 11) is 0. The van der Waals surface area contributed by atoms with Gasteiger partial charge >= 0.3 is 23.9 Å². The summed E-state index contributed by atoms with van der Waals surface area (Å²) in [4.78, 5) is 49.1. The molecule has 0 spiro atoms. The van der Waals surface area contributed by atoms with E-state index in [0.29, 0.717) is 25.7 Å². The number of hydrogen-bond donors (Lipinski definition) is 0. The second-order valence-electron chi connectivity index (χ2n) is 8.16. The Hall–Kier alpha value is -2.64. The molecule has 8 nitrogen and oxygen atoms in total. The van der Waals surface area contributed by atoms with E-state index < -0.39 is 34.7 Å². The highest BCUT2D eigenvalue weighted by molar-refractivity contribution is 6.05. The number of rotatable bonds is 15. The molecule has 178 valence electrons. The highest BCUT2D eigenvalue weighted by atomic mass is 16.6. The standard InChI is InChI=1S/C24H34O8/c1-5-17-15-23(17,19(25)29-7-3)21(27)31-13-11-9-10-12-14-32-22(28)24(16-18(24)6-2)20(26)30-8-4/h5-6,17-18H,1-2,7-16H2,3-4H3. The minimum Gasteiger partial charge on any atom is -0.465 e. The number of esters is 4. The van der Waals surface area contributed by atoms with E-state index in [1.807, 2.05) is 0 Å². The molecule has 0 bridgehead atoms. The summed E-state index contributed by atoms with van der Waals surface area (Å²) in [5, 5.41) is 0. The Labute approximate surface area is 189 Å². The fourth-order valence-corrected chi connectivity index (χ4v) is 3.92. The SMILES string of the molecule is C=CC1CC1(C(=O)OCC)C(=O)OCCCCCCOC(=O)C1(C(=O)OCC)CC1C=C. The fourth-order valence-electron chi connectivity index (χ4n) is 3.92. The van der Waals surface area contributed by atoms with Crippen molar-refractivity contribution < 1.29 is 38.1 Å². The predicted octanol–water partition coefficient (Wildman–Crippen LogP) is 3.14. The molecule has 0 heterocycles. The molecule has 0 amide bonds. The Balaban J connectivity index is 1.63. The average Bonchev–Trinajstić information content (AvgIpc) is 3.68. The van der Waals surface area contributed by atoms with Crippen LogP contribution in [0, 0.1) is 22.7 Å². The molecule has 4 unspecified atom stereocenters. The third kappa shape index (κ3) is 5.22. The van der Waals surface area contributed by atoms with Gasteiger partial charge in [-0.3, -0.25) is 19.2 Å². The van der Waals surface area contributed by atoms with Crippen LogP contribution in [0.15, 0.2) is 25.3 Å². The van der Waals surface area contributed by atoms with Gasteiger partial charge in [-0.2, -0.15) is 0 Å². The first-order chi connectivity index (χ1) is 15.3. The highest BCUT2D eigenvalue weighted by Gasteiger charge is 2.67. The summed E-state index contributed by atoms with van der Waals surface area (Å²) in [5.41, 5.74) is -2.46. The molecule has 2 aliphatic carbocycles. The molecule has 0 aromatic heterocycles. The lowest BCUT2D eigenvalue weighted by Gasteiger charge is -2.15. The van der Waals surface area contributed by atoms with Crippen LogP contribution in [0.5, 0.6) is 0 Å². The summed E-state index contributed by atoms with van der Waals surface area (Å²) < 4.78 is 20.7. The van der Waals surface area contributed by atoms with Crippen LogP contribution in [0.2, 0.25) is 0 Å². The van der Waals surface area contributed by atoms with Crippen molar-refractivity contribution in [3.8, 4) is 0 Å². The van der Waals surface area contributed by atoms with Crippen LogP contribution in [0.25, 0.3) is 0 Å². The molecular formula is C24H34O8. The van der Waals surface area contributed by atoms with E-state index >= 15 is 0 Å². The van der Waals surface area contributed by atoms with Gasteiger partial charge in [-0.25, -0.2) is 0 Å². The quantitative estimate of drug-likeness (QED) is 0.123. The van der Waals surface area contributed by atoms with Gasteiger partial charge in [0.15, 0.2) is 10.8 Å². The third-order valence-corrected chi connectivity index (χ3v) is 6.11. The number of allylic oxidation sites excluding steroid dienone is 2. The number of ether oxygens (including phenoxy) is 4. The van der Waals surface area contributed by atoms with E-state index in [9.17, 15) is 19.2 Å². The van der Waals surface area contributed by atoms with Gasteiger partial charge in [-0.1, -0.05) is 12.2 Å². The van der Waals surface area contributed by atoms with Crippen LogP contribution in [0.1, 0.15) is 52.4 Å². The molecule has 2 rings (SSSR count). The number of carbonyl (C=O) groups is 4. The van der Waals surface area contributed by atoms with Crippen LogP contribution in [0.4, 0.5) is 0 Å². The lowest BCUT2D eigenvalue weighted by atomic mass is 10.0. The van der Waals surface area contributed by atoms with Crippen LogP contribution < -0.4 is 0 Å². The molecule has 4 atom stereocenters. The zero-order valence-electron chi connectivity index (χ0n) is 19.1. The molecule has 2 saturated carbocycles. The molecule has 0 saturated heterocycles. The summed E-state index contributed by atoms with van der Waals surface area (Å²) in [6, 6.07) is 0. The Morgan fingerprint density at radius 1 is 0.688 bits per heavy atom. The van der Waals surface area contributed by atoms with Crippen molar-refractivity contribution in [3.05, 3.63) is 25.3 Å². The molecule has 0 aromatic carbocycles. The first-order valence-electron chi connectivity index (χ1n) is 11.3. The van der Waals surface area contributed by atoms with E-state index in [0.717, 1.165) is 12.8 Å². The zero-order valence-corrected chi connectivity index (χ0v) is 19.1. The number of carbonyl (C=O) groups excluding carboxylic acids is 4. The van der Waals surface area contributed by atoms with Crippen molar-refractivity contribution in [2.45, 2.75) is 52.4 Å². The normalized spacial score (nSPS) is 27.6. The Kier molecular flexibility index (Phi) is 9.04. The predicted molar refractivity (Wildman–Crippen MR) is 115 cm³/mol. The van der Waals surface area contributed by atoms with Gasteiger partial charge in [0.2, 0.25) is 0 Å². The van der Waals surface area contributed by atoms with Crippen molar-refractivity contribution in [3.63, 3.8) is 0 Å². The molecule has 0 aromatic rings. The van der Waals surface area contributed by atoms with Crippen LogP contribution in [-0.2, 0) is 38.1 Å². The summed E-state index contributed by atoms with van der Waals surface area (Å²) in [5.74, 6) is -2.69. The molecule has 2 fully saturated rings. The van der Waals surface area contributed by atoms with Crippen molar-refractivity contribution >= 4 is 23.9 Å². The molecule has 0 N–H and O–H groups in total. The van der Waals surface area contributed by atoms with Crippen LogP contribution >= 0.6 is 0 Å². The molecule has 0 radical (unpaired) electrons. The molecule has 8 heteroatoms. The zero-order chi connectivity index (χ0) is 23.8. The Morgan fingerprint density at radius 3 is 1.31 bits per heavy atom. The van der Waals surface area contributed by atoms with Gasteiger partial charge in [0.1, 0.15) is 0 Å². The van der Waals surface area contributed by atoms with E-state index in [1.165, 1.54) is 0 Å². The second kappa shape index (κ2) is 11.3. The average molecular weight is 451 g/mol. The Bertz CT molecular complexity index is 682. The minimum absolute atomic E-state index is 0.205. The molecular weight excluding hydrogens is 416 g/mol. The molecule has 2 aliphatic rings. The summed E-state index contributed by atoms with van der Waals surface area (Å²) in [6.45, 7) is 11.5. The second-order valence-corrected chi connectivity index (χ2v) is 8.16. The smallest absolute Gasteiger partial charge is 0.324 e. The van der Waals surface area contributed by atoms with E-state index in [-0.39, 0.29) is 38.3 Å². The molecule has 32 heavy (non-hydrogen) atoms. The van der Waals surface area contributed by atoms with Crippen LogP contribution in [-0.4, -0.2) is 50.3 Å². The van der Waals surface area contributed by atoms with Crippen LogP contribution in [0.3, 0.4) is 0 Å². The first kappa shape index (κ1) is 25.6. The topological polar surface area (TPSA) is 105 Å². The first-order valence-corrected chi connectivity index (χ1v) is 11.3. The van der Waals surface area contributed by atoms with Gasteiger partial charge in [-0.15, -0.1) is 13.2 Å². The van der Waals surface area contributed by atoms with Crippen molar-refractivity contribution in [1.29, 1.82) is 0 Å². The van der Waals surface area contributed by atoms with E-state index in [1.54, 1.807) is 26.0 Å². The third-order valence-electron chi connectivity index (χ3n) is 6.11. The number of hydrogen-bond acceptors (Lipinski definition) is 8. The van der Waals surface area contributed by atoms with Crippen molar-refractivity contribution in [2.75, 3.05) is 26.4 Å². The van der Waals surface area contributed by atoms with Gasteiger partial charge in [-0.05, 0) is 52.4 Å². The Morgan fingerprint density at radius 2 is 1.03 bits per heavy atom. The van der Waals surface area contributed by atoms with Gasteiger partial charge in [0.25, 0.3) is 0 Å². The van der Waals surface area contributed by atoms with E-state index in [2.05, 4.69) is 13.2 Å². The van der Waals surface area contributed by atoms with E-state index in [4.69, 9.17) is 18.9 Å². The van der Waals surface area contributed by atoms with Gasteiger partial charge in [0, 0.05) is 11.8 Å². The maximum atomic E-state index is 12.4. The van der Waals surface area contributed by atoms with Gasteiger partial charge in [0.05, 0.1) is 26.4 Å². The monoisotopic (exact) mass is 450 g/mol.